The summed E-state index contributed by atoms with van der Waals surface area (Å²) in [5, 5.41) is 10.6. The van der Waals surface area contributed by atoms with Gasteiger partial charge < -0.3 is 33.8 Å². The minimum absolute atomic E-state index is 0.107. The number of hydrogen-bond donors (Lipinski definition) is 3. The number of carbonyl (C=O) groups is 4. The Labute approximate surface area is 562 Å². The van der Waals surface area contributed by atoms with E-state index < -0.39 is 97.5 Å². The Bertz CT molecular complexity index is 1790. The molecule has 0 aliphatic carbocycles. The fourth-order valence-electron chi connectivity index (χ4n) is 11.1. The first-order valence-electron chi connectivity index (χ1n) is 38.0. The predicted octanol–water partition coefficient (Wildman–Crippen LogP) is 21.2. The van der Waals surface area contributed by atoms with Crippen LogP contribution >= 0.6 is 15.6 Å². The molecule has 0 heterocycles. The van der Waals surface area contributed by atoms with Gasteiger partial charge in [0.25, 0.3) is 0 Å². The molecule has 92 heavy (non-hydrogen) atoms. The monoisotopic (exact) mass is 1350 g/mol. The van der Waals surface area contributed by atoms with Crippen molar-refractivity contribution in [1.82, 2.24) is 0 Å². The second kappa shape index (κ2) is 65.0. The first-order valence-corrected chi connectivity index (χ1v) is 41.0. The van der Waals surface area contributed by atoms with Gasteiger partial charge in [-0.3, -0.25) is 37.3 Å². The second-order valence-electron chi connectivity index (χ2n) is 27.1. The van der Waals surface area contributed by atoms with Crippen LogP contribution in [0.1, 0.15) is 375 Å². The second-order valence-corrected chi connectivity index (χ2v) is 30.0. The minimum Gasteiger partial charge on any atom is -0.462 e. The number of phosphoric ester groups is 2. The lowest BCUT2D eigenvalue weighted by Gasteiger charge is -2.21. The first-order chi connectivity index (χ1) is 44.4. The quantitative estimate of drug-likeness (QED) is 0.0222. The molecule has 0 spiro atoms. The van der Waals surface area contributed by atoms with Gasteiger partial charge in [0, 0.05) is 25.7 Å². The average Bonchev–Trinajstić information content (AvgIpc) is 2.50. The van der Waals surface area contributed by atoms with Gasteiger partial charge in [-0.05, 0) is 37.5 Å². The lowest BCUT2D eigenvalue weighted by molar-refractivity contribution is -0.161. The van der Waals surface area contributed by atoms with Crippen molar-refractivity contribution < 1.29 is 80.2 Å². The number of aliphatic hydroxyl groups excluding tert-OH is 1. The van der Waals surface area contributed by atoms with Crippen molar-refractivity contribution in [2.24, 2.45) is 11.8 Å². The highest BCUT2D eigenvalue weighted by Gasteiger charge is 2.30. The lowest BCUT2D eigenvalue weighted by atomic mass is 9.99. The maximum absolute atomic E-state index is 13.0. The fourth-order valence-corrected chi connectivity index (χ4v) is 12.7. The molecular formula is C73H142O17P2. The summed E-state index contributed by atoms with van der Waals surface area (Å²) in [6.07, 6.45) is 51.6. The molecule has 0 fully saturated rings. The average molecular weight is 1350 g/mol. The maximum Gasteiger partial charge on any atom is 0.472 e. The summed E-state index contributed by atoms with van der Waals surface area (Å²) in [5.41, 5.74) is 0. The lowest BCUT2D eigenvalue weighted by Crippen LogP contribution is -2.30. The van der Waals surface area contributed by atoms with Crippen molar-refractivity contribution >= 4 is 39.5 Å². The summed E-state index contributed by atoms with van der Waals surface area (Å²) in [5.74, 6) is -0.511. The van der Waals surface area contributed by atoms with Gasteiger partial charge in [-0.15, -0.1) is 0 Å². The van der Waals surface area contributed by atoms with Crippen molar-refractivity contribution in [3.05, 3.63) is 0 Å². The third-order valence-electron chi connectivity index (χ3n) is 17.3. The Morgan fingerprint density at radius 1 is 0.315 bits per heavy atom. The van der Waals surface area contributed by atoms with Crippen molar-refractivity contribution in [1.29, 1.82) is 0 Å². The largest absolute Gasteiger partial charge is 0.472 e. The van der Waals surface area contributed by atoms with Gasteiger partial charge in [-0.2, -0.15) is 0 Å². The number of rotatable bonds is 72. The third-order valence-corrected chi connectivity index (χ3v) is 19.2. The van der Waals surface area contributed by atoms with Crippen LogP contribution in [0.5, 0.6) is 0 Å². The molecule has 0 rings (SSSR count). The zero-order chi connectivity index (χ0) is 67.9. The van der Waals surface area contributed by atoms with Crippen molar-refractivity contribution in [2.45, 2.75) is 394 Å². The highest BCUT2D eigenvalue weighted by molar-refractivity contribution is 7.47. The number of esters is 4. The molecule has 0 aromatic rings. The summed E-state index contributed by atoms with van der Waals surface area (Å²) >= 11 is 0. The first kappa shape index (κ1) is 90.1. The van der Waals surface area contributed by atoms with E-state index in [0.717, 1.165) is 108 Å². The van der Waals surface area contributed by atoms with Crippen LogP contribution in [0.15, 0.2) is 0 Å². The Balaban J connectivity index is 5.14. The summed E-state index contributed by atoms with van der Waals surface area (Å²) in [6.45, 7) is 9.55. The molecular weight excluding hydrogens is 1210 g/mol. The molecule has 0 aromatic carbocycles. The molecule has 0 bridgehead atoms. The van der Waals surface area contributed by atoms with Gasteiger partial charge in [0.05, 0.1) is 26.4 Å². The highest BCUT2D eigenvalue weighted by atomic mass is 31.2. The Morgan fingerprint density at radius 3 is 0.826 bits per heavy atom. The number of phosphoric acid groups is 2. The molecule has 546 valence electrons. The smallest absolute Gasteiger partial charge is 0.462 e. The molecule has 0 saturated heterocycles. The summed E-state index contributed by atoms with van der Waals surface area (Å²) in [4.78, 5) is 72.4. The van der Waals surface area contributed by atoms with Crippen LogP contribution in [0.25, 0.3) is 0 Å². The molecule has 0 aliphatic rings. The third kappa shape index (κ3) is 65.4. The molecule has 6 atom stereocenters. The van der Waals surface area contributed by atoms with E-state index in [2.05, 4.69) is 41.5 Å². The van der Waals surface area contributed by atoms with E-state index in [0.29, 0.717) is 25.7 Å². The number of hydrogen-bond acceptors (Lipinski definition) is 15. The van der Waals surface area contributed by atoms with Gasteiger partial charge in [-0.1, -0.05) is 324 Å². The van der Waals surface area contributed by atoms with Gasteiger partial charge in [0.15, 0.2) is 12.2 Å². The number of carbonyl (C=O) groups excluding carboxylic acids is 4. The SMILES string of the molecule is CCCCCCCCCCCCCCCCC(=O)O[C@H](COC(=O)CCCCCCC)COP(=O)(O)OC[C@H](O)COP(=O)(O)OC[C@@H](COC(=O)CCCCCCCCCCCCC(C)CC)OC(=O)CCCCCCCCCCCCCCCCCCC(C)C. The van der Waals surface area contributed by atoms with Crippen LogP contribution in [0.4, 0.5) is 0 Å². The summed E-state index contributed by atoms with van der Waals surface area (Å²) < 4.78 is 68.2. The van der Waals surface area contributed by atoms with Gasteiger partial charge >= 0.3 is 39.5 Å². The molecule has 0 aromatic heterocycles. The topological polar surface area (TPSA) is 237 Å². The van der Waals surface area contributed by atoms with E-state index in [-0.39, 0.29) is 25.7 Å². The van der Waals surface area contributed by atoms with Gasteiger partial charge in [0.1, 0.15) is 19.3 Å². The van der Waals surface area contributed by atoms with Crippen LogP contribution in [0, 0.1) is 11.8 Å². The summed E-state index contributed by atoms with van der Waals surface area (Å²) in [6, 6.07) is 0. The van der Waals surface area contributed by atoms with Crippen LogP contribution in [-0.4, -0.2) is 96.7 Å². The van der Waals surface area contributed by atoms with Crippen LogP contribution in [-0.2, 0) is 65.4 Å². The van der Waals surface area contributed by atoms with E-state index in [1.54, 1.807) is 0 Å². The van der Waals surface area contributed by atoms with Gasteiger partial charge in [-0.25, -0.2) is 9.13 Å². The molecule has 0 radical (unpaired) electrons. The van der Waals surface area contributed by atoms with Crippen molar-refractivity contribution in [3.8, 4) is 0 Å². The Hall–Kier alpha value is -1.94. The van der Waals surface area contributed by atoms with E-state index in [1.165, 1.54) is 186 Å². The zero-order valence-corrected chi connectivity index (χ0v) is 61.6. The normalized spacial score (nSPS) is 14.4. The number of ether oxygens (including phenoxy) is 4. The Morgan fingerprint density at radius 2 is 0.554 bits per heavy atom. The molecule has 3 N–H and O–H groups in total. The molecule has 3 unspecified atom stereocenters. The van der Waals surface area contributed by atoms with Crippen LogP contribution in [0.3, 0.4) is 0 Å². The van der Waals surface area contributed by atoms with Crippen molar-refractivity contribution in [3.63, 3.8) is 0 Å². The van der Waals surface area contributed by atoms with Crippen molar-refractivity contribution in [2.75, 3.05) is 39.6 Å². The molecule has 0 aliphatic heterocycles. The minimum atomic E-state index is -4.95. The number of unbranched alkanes of at least 4 members (excludes halogenated alkanes) is 41. The van der Waals surface area contributed by atoms with E-state index in [4.69, 9.17) is 37.0 Å². The predicted molar refractivity (Wildman–Crippen MR) is 372 cm³/mol. The maximum atomic E-state index is 13.0. The van der Waals surface area contributed by atoms with E-state index in [9.17, 15) is 43.2 Å². The fraction of sp³-hybridized carbons (Fsp3) is 0.945. The number of aliphatic hydroxyl groups is 1. The van der Waals surface area contributed by atoms with Crippen LogP contribution < -0.4 is 0 Å². The highest BCUT2D eigenvalue weighted by Crippen LogP contribution is 2.45. The van der Waals surface area contributed by atoms with E-state index >= 15 is 0 Å². The van der Waals surface area contributed by atoms with Crippen LogP contribution in [0.2, 0.25) is 0 Å². The Kier molecular flexibility index (Phi) is 63.7. The van der Waals surface area contributed by atoms with Gasteiger partial charge in [0.2, 0.25) is 0 Å². The summed E-state index contributed by atoms with van der Waals surface area (Å²) in [7, 11) is -9.90. The molecule has 17 nitrogen and oxygen atoms in total. The molecule has 0 saturated carbocycles. The molecule has 19 heteroatoms. The molecule has 0 amide bonds. The van der Waals surface area contributed by atoms with E-state index in [1.807, 2.05) is 0 Å². The zero-order valence-electron chi connectivity index (χ0n) is 59.9. The standard InChI is InChI=1S/C73H142O17P2/c1-7-10-12-14-15-16-17-18-24-27-34-39-45-51-57-72(77)89-68(61-83-70(75)55-49-41-13-11-8-2)63-87-91(79,80)85-59-67(74)60-86-92(81,82)88-64-69(62-84-71(76)56-50-44-38-33-30-29-32-37-43-48-54-66(6)9-3)90-73(78)58-52-46-40-35-28-25-22-20-19-21-23-26-31-36-42-47-53-65(4)5/h65-69,74H,7-64H2,1-6H3,(H,79,80)(H,81,82)/t66?,67-,68+,69+/m0/s1.